The number of ketones is 2. The molecular weight excluding hydrogens is 1660 g/mol. The van der Waals surface area contributed by atoms with Gasteiger partial charge in [0.1, 0.15) is 0 Å². The molecule has 9 aliphatic heterocycles. The maximum absolute atomic E-state index is 11.3. The Kier molecular flexibility index (Phi) is 64.5. The number of Topliss-reactive ketones (excluding diaryl/α,β-unsaturated/α-hetero) is 2. The minimum absolute atomic E-state index is 0. The van der Waals surface area contributed by atoms with E-state index in [0.29, 0.717) is 68.2 Å². The molecule has 0 spiro atoms. The summed E-state index contributed by atoms with van der Waals surface area (Å²) in [5, 5.41) is 18.2. The summed E-state index contributed by atoms with van der Waals surface area (Å²) in [4.78, 5) is 80.4. The lowest BCUT2D eigenvalue weighted by atomic mass is 9.80. The minimum Gasteiger partial charge on any atom is -0.388 e. The summed E-state index contributed by atoms with van der Waals surface area (Å²) in [6.45, 7) is 99.7. The van der Waals surface area contributed by atoms with Crippen molar-refractivity contribution in [2.45, 2.75) is 459 Å². The molecule has 0 aromatic heterocycles. The first kappa shape index (κ1) is 140. The zero-order valence-corrected chi connectivity index (χ0v) is 87.3. The van der Waals surface area contributed by atoms with Gasteiger partial charge in [-0.15, -0.1) is 23.5 Å². The van der Waals surface area contributed by atoms with Crippen molar-refractivity contribution >= 4 is 92.1 Å². The van der Waals surface area contributed by atoms with Crippen LogP contribution in [0.2, 0.25) is 0 Å². The molecule has 14 nitrogen and oxygen atoms in total. The van der Waals surface area contributed by atoms with Gasteiger partial charge in [-0.05, 0) is 197 Å². The third-order valence-electron chi connectivity index (χ3n) is 25.4. The summed E-state index contributed by atoms with van der Waals surface area (Å²) >= 11 is 9.91. The Hall–Kier alpha value is -3.87. The summed E-state index contributed by atoms with van der Waals surface area (Å²) in [6, 6.07) is -0.282. The second-order valence-corrected chi connectivity index (χ2v) is 53.2. The number of carbonyl (C=O) groups is 7. The summed E-state index contributed by atoms with van der Waals surface area (Å²) in [5.74, 6) is 7.50. The van der Waals surface area contributed by atoms with E-state index in [1.807, 2.05) is 37.4 Å². The monoisotopic (exact) mass is 1880 g/mol. The molecule has 0 radical (unpaired) electrons. The van der Waals surface area contributed by atoms with Crippen LogP contribution in [-0.4, -0.2) is 110 Å². The molecule has 3 aliphatic carbocycles. The standard InChI is InChI=1S/C10H18.C9H17N.C9H15N.C9H16S.2C9H18.C8H13NO2.3C8H15NO.C8H12OS2.C7H13NOS.8CH4/c1-8-5-6-9(7-8)10(2,3)4;3*1-7-5-8(6-10-7)9(2,3)4;2*1-9(2,3)8-6-4-5-7-8;1-8(2,3)7-5(10)4-6(11)9-7;1-8(2,3)6-4-7(10)9-5-6;1-8(2,3)6-4-5-9-7(6)10;1-8(2,3)9-6-4-5-7(9)10;1-8(2,3)7-5(9)4-6(10)11-7;1-7(2,3)5-4-8-6(9)10-5;;;;;;;;/h9H,1,5-7H2,2-4H3;8,10H,1,5-6H2,2-4H3;6,10H,1,5H2,2-4H3;8H,1,5-6H2,2-4H3;2*8H,4-7H2,1-3H3;7H,4H2,1-3H3,(H,9,11);2*6H,4-5H2,1-3H3,(H,9,10);4-6H2,1-3H3;7H,4H2,1-3H3;5H,4H2,1-3H3,(H,8,9);8*1H4. The largest absolute Gasteiger partial charge is 0.388 e. The first-order chi connectivity index (χ1) is 54.1. The van der Waals surface area contributed by atoms with Gasteiger partial charge in [0.15, 0.2) is 11.6 Å². The molecule has 8 atom stereocenters. The number of carbonyl (C=O) groups excluding carboxylic acids is 7. The van der Waals surface area contributed by atoms with Crippen molar-refractivity contribution in [3.8, 4) is 0 Å². The van der Waals surface area contributed by atoms with E-state index in [4.69, 9.17) is 12.2 Å². The van der Waals surface area contributed by atoms with Crippen LogP contribution in [0, 0.1) is 101 Å². The van der Waals surface area contributed by atoms with Crippen molar-refractivity contribution in [3.63, 3.8) is 0 Å². The van der Waals surface area contributed by atoms with Crippen LogP contribution in [0.3, 0.4) is 0 Å². The van der Waals surface area contributed by atoms with Crippen LogP contribution in [0.4, 0.5) is 4.79 Å². The Morgan fingerprint density at radius 3 is 1.02 bits per heavy atom. The molecule has 11 fully saturated rings. The van der Waals surface area contributed by atoms with Crippen molar-refractivity contribution in [3.05, 3.63) is 60.0 Å². The SMILES string of the molecule is C.C.C.C.C.C.C.C.C=C1CC(C(C)(C)C)=CN1.C=C1CC(C(C)(C)C)CN1.C=C1CC(C(C)(C)C)CS1.C=C1CCC(C(C)(C)C)C1.CC(C)(C)C1CCCC1.CC(C)(C)C1CCCC1.CC(C)(C)C1CCNC1=O.CC(C)(C)C1CNC(=O)C1.CC(C)(C)C1CNC(=O)S1.CC(C)(C)C1NC(=O)CC1=O.CC(C)(C)C1SC(=S)CC1=O.CC(C)(C)N1CCCC1=O. The Morgan fingerprint density at radius 2 is 0.852 bits per heavy atom. The molecule has 5 amide bonds. The molecule has 0 aromatic carbocycles. The van der Waals surface area contributed by atoms with Crippen LogP contribution in [-0.2, 0) is 28.8 Å². The second-order valence-electron chi connectivity index (χ2n) is 48.9. The van der Waals surface area contributed by atoms with Crippen molar-refractivity contribution in [1.82, 2.24) is 36.8 Å². The van der Waals surface area contributed by atoms with E-state index in [0.717, 1.165) is 104 Å². The molecule has 12 aliphatic rings. The second kappa shape index (κ2) is 59.2. The van der Waals surface area contributed by atoms with E-state index in [9.17, 15) is 33.6 Å². The number of hydrogen-bond donors (Lipinski definition) is 6. The maximum atomic E-state index is 11.3. The molecule has 3 saturated carbocycles. The molecule has 6 N–H and O–H groups in total. The lowest BCUT2D eigenvalue weighted by Gasteiger charge is -2.31. The third kappa shape index (κ3) is 55.2. The zero-order valence-electron chi connectivity index (χ0n) is 84.0. The quantitative estimate of drug-likeness (QED) is 0.0763. The number of amides is 5. The van der Waals surface area contributed by atoms with Crippen molar-refractivity contribution in [2.24, 2.45) is 101 Å². The molecule has 9 heterocycles. The highest BCUT2D eigenvalue weighted by atomic mass is 32.2. The number of allylic oxidation sites excluding steroid dienone is 4. The summed E-state index contributed by atoms with van der Waals surface area (Å²) in [6.07, 6.45) is 25.2. The lowest BCUT2D eigenvalue weighted by molar-refractivity contribution is -0.131. The zero-order chi connectivity index (χ0) is 93.3. The van der Waals surface area contributed by atoms with Gasteiger partial charge in [0, 0.05) is 98.5 Å². The van der Waals surface area contributed by atoms with Crippen molar-refractivity contribution < 1.29 is 33.6 Å². The van der Waals surface area contributed by atoms with Gasteiger partial charge in [0.05, 0.1) is 21.9 Å². The van der Waals surface area contributed by atoms with Gasteiger partial charge >= 0.3 is 0 Å². The van der Waals surface area contributed by atoms with Gasteiger partial charge in [0.2, 0.25) is 23.6 Å². The van der Waals surface area contributed by atoms with E-state index in [-0.39, 0.29) is 144 Å². The van der Waals surface area contributed by atoms with E-state index in [1.165, 1.54) is 116 Å². The Labute approximate surface area is 815 Å². The van der Waals surface area contributed by atoms with E-state index < -0.39 is 0 Å². The first-order valence-electron chi connectivity index (χ1n) is 45.9. The normalized spacial score (nSPS) is 23.4. The van der Waals surface area contributed by atoms with Crippen molar-refractivity contribution in [2.75, 3.05) is 38.5 Å². The van der Waals surface area contributed by atoms with E-state index in [2.05, 4.69) is 293 Å². The van der Waals surface area contributed by atoms with E-state index >= 15 is 0 Å². The molecule has 8 saturated heterocycles. The number of likely N-dealkylation sites (tertiary alicyclic amines) is 1. The number of nitrogens with one attached hydrogen (secondary N) is 6. The smallest absolute Gasteiger partial charge is 0.279 e. The van der Waals surface area contributed by atoms with Gasteiger partial charge < -0.3 is 36.8 Å². The molecule has 0 aromatic rings. The Morgan fingerprint density at radius 1 is 0.398 bits per heavy atom. The minimum atomic E-state index is -0.282. The molecule has 0 bridgehead atoms. The van der Waals surface area contributed by atoms with Gasteiger partial charge in [-0.2, -0.15) is 0 Å². The van der Waals surface area contributed by atoms with Crippen LogP contribution in [0.1, 0.15) is 437 Å². The Bertz CT molecular complexity index is 3030. The molecule has 8 unspecified atom stereocenters. The summed E-state index contributed by atoms with van der Waals surface area (Å²) < 4.78 is 0.856. The van der Waals surface area contributed by atoms with Gasteiger partial charge in [-0.1, -0.05) is 369 Å². The number of thioether (sulfide) groups is 3. The average Bonchev–Trinajstić information content (AvgIpc) is 1.69. The highest BCUT2D eigenvalue weighted by Crippen LogP contribution is 2.46. The maximum Gasteiger partial charge on any atom is 0.279 e. The van der Waals surface area contributed by atoms with Crippen LogP contribution in [0.25, 0.3) is 0 Å². The predicted octanol–water partition coefficient (Wildman–Crippen LogP) is 31.3. The Balaban J connectivity index is -0.000000203. The fourth-order valence-electron chi connectivity index (χ4n) is 16.0. The predicted molar refractivity (Wildman–Crippen MR) is 581 cm³/mol. The lowest BCUT2D eigenvalue weighted by Crippen LogP contribution is -2.41. The van der Waals surface area contributed by atoms with Gasteiger partial charge in [-0.25, -0.2) is 0 Å². The summed E-state index contributed by atoms with van der Waals surface area (Å²) in [5.41, 5.74) is 8.70. The van der Waals surface area contributed by atoms with Crippen molar-refractivity contribution in [1.29, 1.82) is 0 Å². The summed E-state index contributed by atoms with van der Waals surface area (Å²) in [7, 11) is 0. The number of nitrogens with zero attached hydrogens (tertiary/aromatic N) is 1. The molecular formula is C110H217N7O7S4. The highest BCUT2D eigenvalue weighted by Gasteiger charge is 2.42. The number of hydrogen-bond acceptors (Lipinski definition) is 13. The third-order valence-corrected chi connectivity index (χ3v) is 30.1. The van der Waals surface area contributed by atoms with Crippen LogP contribution in [0.15, 0.2) is 60.0 Å². The number of thiocarbonyl (C=S) groups is 1. The van der Waals surface area contributed by atoms with Crippen LogP contribution in [0.5, 0.6) is 0 Å². The molecule has 128 heavy (non-hydrogen) atoms. The van der Waals surface area contributed by atoms with Crippen LogP contribution >= 0.6 is 47.5 Å². The number of rotatable bonds is 0. The molecule has 18 heteroatoms. The fourth-order valence-corrected chi connectivity index (χ4v) is 19.8. The topological polar surface area (TPSA) is 195 Å². The van der Waals surface area contributed by atoms with Crippen LogP contribution < -0.4 is 31.9 Å². The van der Waals surface area contributed by atoms with Gasteiger partial charge in [0.25, 0.3) is 5.24 Å². The van der Waals surface area contributed by atoms with E-state index in [1.54, 1.807) is 11.8 Å². The first-order valence-corrected chi connectivity index (χ1v) is 49.1. The van der Waals surface area contributed by atoms with Gasteiger partial charge in [-0.3, -0.25) is 33.6 Å². The fraction of sp³-hybridized carbons (Fsp3) is 0.836. The molecule has 12 rings (SSSR count). The highest BCUT2D eigenvalue weighted by molar-refractivity contribution is 8.24. The molecule has 758 valence electrons. The average molecular weight is 1880 g/mol.